The zero-order valence-corrected chi connectivity index (χ0v) is 9.28. The maximum absolute atomic E-state index is 11.3. The molecule has 1 N–H and O–H groups in total. The zero-order valence-electron chi connectivity index (χ0n) is 9.28. The van der Waals surface area contributed by atoms with Gasteiger partial charge in [-0.2, -0.15) is 0 Å². The second-order valence-corrected chi connectivity index (χ2v) is 3.51. The number of hydrogen-bond donors (Lipinski definition) is 1. The third-order valence-corrected chi connectivity index (χ3v) is 2.23. The molecular weight excluding hydrogens is 192 g/mol. The normalized spacial score (nSPS) is 12.3. The van der Waals surface area contributed by atoms with Crippen LogP contribution in [0.5, 0.6) is 0 Å². The zero-order chi connectivity index (χ0) is 11.4. The fraction of sp³-hybridized carbons (Fsp3) is 0.417. The summed E-state index contributed by atoms with van der Waals surface area (Å²) in [6.07, 6.45) is -1.18. The number of aliphatic hydroxyl groups is 1. The number of aryl methyl sites for hydroxylation is 2. The van der Waals surface area contributed by atoms with E-state index in [1.807, 2.05) is 26.0 Å². The summed E-state index contributed by atoms with van der Waals surface area (Å²) in [7, 11) is 0. The molecule has 0 bridgehead atoms. The molecule has 0 spiro atoms. The third-order valence-electron chi connectivity index (χ3n) is 2.23. The van der Waals surface area contributed by atoms with E-state index in [-0.39, 0.29) is 6.61 Å². The van der Waals surface area contributed by atoms with Gasteiger partial charge >= 0.3 is 5.97 Å². The Balaban J connectivity index is 2.91. The molecule has 0 aromatic heterocycles. The Morgan fingerprint density at radius 2 is 2.13 bits per heavy atom. The fourth-order valence-electron chi connectivity index (χ4n) is 1.48. The summed E-state index contributed by atoms with van der Waals surface area (Å²) in [6.45, 7) is 5.83. The van der Waals surface area contributed by atoms with Gasteiger partial charge in [-0.05, 0) is 31.9 Å². The molecule has 0 aliphatic carbocycles. The number of carbonyl (C=O) groups excluding carboxylic acids is 1. The molecule has 0 aliphatic rings. The van der Waals surface area contributed by atoms with Crippen molar-refractivity contribution in [1.82, 2.24) is 0 Å². The number of esters is 1. The Labute approximate surface area is 89.7 Å². The molecule has 3 nitrogen and oxygen atoms in total. The van der Waals surface area contributed by atoms with Crippen molar-refractivity contribution < 1.29 is 14.6 Å². The summed E-state index contributed by atoms with van der Waals surface area (Å²) < 4.78 is 4.75. The molecule has 0 amide bonds. The quantitative estimate of drug-likeness (QED) is 0.772. The Kier molecular flexibility index (Phi) is 3.86. The second kappa shape index (κ2) is 4.94. The van der Waals surface area contributed by atoms with Crippen molar-refractivity contribution in [2.75, 3.05) is 6.61 Å². The number of hydrogen-bond acceptors (Lipinski definition) is 3. The maximum atomic E-state index is 11.3. The van der Waals surface area contributed by atoms with Crippen molar-refractivity contribution in [2.45, 2.75) is 26.9 Å². The van der Waals surface area contributed by atoms with Gasteiger partial charge in [0, 0.05) is 0 Å². The first-order valence-electron chi connectivity index (χ1n) is 4.98. The minimum atomic E-state index is -1.18. The van der Waals surface area contributed by atoms with Gasteiger partial charge in [0.25, 0.3) is 0 Å². The Morgan fingerprint density at radius 3 is 2.67 bits per heavy atom. The number of aliphatic hydroxyl groups excluding tert-OH is 1. The fourth-order valence-corrected chi connectivity index (χ4v) is 1.48. The molecule has 0 fully saturated rings. The van der Waals surface area contributed by atoms with Gasteiger partial charge in [-0.15, -0.1) is 0 Å². The number of carbonyl (C=O) groups is 1. The van der Waals surface area contributed by atoms with E-state index in [1.54, 1.807) is 13.0 Å². The van der Waals surface area contributed by atoms with E-state index in [1.165, 1.54) is 0 Å². The summed E-state index contributed by atoms with van der Waals surface area (Å²) >= 11 is 0. The van der Waals surface area contributed by atoms with E-state index >= 15 is 0 Å². The second-order valence-electron chi connectivity index (χ2n) is 3.51. The molecule has 15 heavy (non-hydrogen) atoms. The Bertz CT molecular complexity index is 358. The summed E-state index contributed by atoms with van der Waals surface area (Å²) in [5.41, 5.74) is 2.61. The molecule has 0 radical (unpaired) electrons. The molecule has 0 aliphatic heterocycles. The van der Waals surface area contributed by atoms with Crippen LogP contribution in [0.2, 0.25) is 0 Å². The lowest BCUT2D eigenvalue weighted by atomic mass is 10.0. The maximum Gasteiger partial charge on any atom is 0.339 e. The van der Waals surface area contributed by atoms with Crippen molar-refractivity contribution in [3.05, 3.63) is 34.9 Å². The molecule has 1 aromatic rings. The minimum absolute atomic E-state index is 0.279. The molecular formula is C12H16O3. The van der Waals surface area contributed by atoms with E-state index in [0.717, 1.165) is 11.1 Å². The van der Waals surface area contributed by atoms with Crippen LogP contribution in [0, 0.1) is 13.8 Å². The number of rotatable bonds is 3. The molecule has 0 unspecified atom stereocenters. The van der Waals surface area contributed by atoms with Gasteiger partial charge < -0.3 is 9.84 Å². The Hall–Kier alpha value is -1.35. The predicted octanol–water partition coefficient (Wildman–Crippen LogP) is 1.90. The van der Waals surface area contributed by atoms with Gasteiger partial charge in [0.15, 0.2) is 6.10 Å². The summed E-state index contributed by atoms with van der Waals surface area (Å²) in [5, 5.41) is 9.72. The van der Waals surface area contributed by atoms with Gasteiger partial charge in [0.1, 0.15) is 0 Å². The van der Waals surface area contributed by atoms with Gasteiger partial charge in [-0.3, -0.25) is 0 Å². The summed E-state index contributed by atoms with van der Waals surface area (Å²) in [5.74, 6) is -0.593. The number of benzene rings is 1. The minimum Gasteiger partial charge on any atom is -0.464 e. The van der Waals surface area contributed by atoms with Gasteiger partial charge in [0.2, 0.25) is 0 Å². The van der Waals surface area contributed by atoms with Crippen LogP contribution in [0.15, 0.2) is 18.2 Å². The van der Waals surface area contributed by atoms with Crippen molar-refractivity contribution in [1.29, 1.82) is 0 Å². The molecule has 0 saturated carbocycles. The lowest BCUT2D eigenvalue weighted by Gasteiger charge is -2.12. The highest BCUT2D eigenvalue weighted by Crippen LogP contribution is 2.19. The Morgan fingerprint density at radius 1 is 1.47 bits per heavy atom. The van der Waals surface area contributed by atoms with Crippen LogP contribution >= 0.6 is 0 Å². The van der Waals surface area contributed by atoms with E-state index in [2.05, 4.69) is 0 Å². The van der Waals surface area contributed by atoms with Crippen LogP contribution < -0.4 is 0 Å². The van der Waals surface area contributed by atoms with Crippen LogP contribution in [0.25, 0.3) is 0 Å². The number of ether oxygens (including phenoxy) is 1. The molecule has 1 rings (SSSR count). The average Bonchev–Trinajstić information content (AvgIpc) is 2.17. The van der Waals surface area contributed by atoms with Crippen molar-refractivity contribution >= 4 is 5.97 Å². The highest BCUT2D eigenvalue weighted by Gasteiger charge is 2.19. The lowest BCUT2D eigenvalue weighted by Crippen LogP contribution is -2.16. The van der Waals surface area contributed by atoms with Crippen LogP contribution in [0.1, 0.15) is 29.7 Å². The van der Waals surface area contributed by atoms with Gasteiger partial charge in [0.05, 0.1) is 6.61 Å². The summed E-state index contributed by atoms with van der Waals surface area (Å²) in [6, 6.07) is 5.55. The molecule has 3 heteroatoms. The average molecular weight is 208 g/mol. The van der Waals surface area contributed by atoms with E-state index in [0.29, 0.717) is 5.56 Å². The molecule has 0 heterocycles. The molecule has 1 aromatic carbocycles. The van der Waals surface area contributed by atoms with Crippen LogP contribution in [-0.2, 0) is 9.53 Å². The van der Waals surface area contributed by atoms with E-state index in [9.17, 15) is 9.90 Å². The summed E-state index contributed by atoms with van der Waals surface area (Å²) in [4.78, 5) is 11.3. The third kappa shape index (κ3) is 2.80. The topological polar surface area (TPSA) is 46.5 Å². The van der Waals surface area contributed by atoms with Crippen molar-refractivity contribution in [2.24, 2.45) is 0 Å². The lowest BCUT2D eigenvalue weighted by molar-refractivity contribution is -0.153. The van der Waals surface area contributed by atoms with Crippen LogP contribution in [0.3, 0.4) is 0 Å². The molecule has 1 atom stereocenters. The molecule has 0 saturated heterocycles. The van der Waals surface area contributed by atoms with E-state index < -0.39 is 12.1 Å². The monoisotopic (exact) mass is 208 g/mol. The first-order chi connectivity index (χ1) is 7.06. The van der Waals surface area contributed by atoms with Gasteiger partial charge in [-0.1, -0.05) is 23.8 Å². The van der Waals surface area contributed by atoms with Gasteiger partial charge in [-0.25, -0.2) is 4.79 Å². The van der Waals surface area contributed by atoms with Crippen LogP contribution in [0.4, 0.5) is 0 Å². The predicted molar refractivity (Wildman–Crippen MR) is 57.5 cm³/mol. The largest absolute Gasteiger partial charge is 0.464 e. The van der Waals surface area contributed by atoms with Crippen LogP contribution in [-0.4, -0.2) is 17.7 Å². The van der Waals surface area contributed by atoms with E-state index in [4.69, 9.17) is 4.74 Å². The first-order valence-corrected chi connectivity index (χ1v) is 4.98. The smallest absolute Gasteiger partial charge is 0.339 e. The SMILES string of the molecule is CCOC(=O)[C@@H](O)c1ccc(C)cc1C. The van der Waals surface area contributed by atoms with Crippen molar-refractivity contribution in [3.63, 3.8) is 0 Å². The highest BCUT2D eigenvalue weighted by atomic mass is 16.5. The molecule has 82 valence electrons. The highest BCUT2D eigenvalue weighted by molar-refractivity contribution is 5.76. The first kappa shape index (κ1) is 11.7. The standard InChI is InChI=1S/C12H16O3/c1-4-15-12(14)11(13)10-6-5-8(2)7-9(10)3/h5-7,11,13H,4H2,1-3H3/t11-/m0/s1. The van der Waals surface area contributed by atoms with Crippen molar-refractivity contribution in [3.8, 4) is 0 Å².